The van der Waals surface area contributed by atoms with Crippen LogP contribution in [-0.4, -0.2) is 20.7 Å². The van der Waals surface area contributed by atoms with Crippen molar-refractivity contribution < 1.29 is 9.21 Å². The number of hydrogen-bond acceptors (Lipinski definition) is 4. The predicted octanol–water partition coefficient (Wildman–Crippen LogP) is 2.33. The zero-order chi connectivity index (χ0) is 13.9. The number of amides is 1. The fourth-order valence-electron chi connectivity index (χ4n) is 1.77. The first-order chi connectivity index (χ1) is 9.74. The summed E-state index contributed by atoms with van der Waals surface area (Å²) in [6.07, 6.45) is 1.55. The molecular formula is C14H12N4O2. The molecule has 20 heavy (non-hydrogen) atoms. The van der Waals surface area contributed by atoms with Crippen LogP contribution in [0.4, 0.5) is 5.95 Å². The van der Waals surface area contributed by atoms with Crippen LogP contribution in [0.1, 0.15) is 10.4 Å². The zero-order valence-corrected chi connectivity index (χ0v) is 10.8. The lowest BCUT2D eigenvalue weighted by atomic mass is 10.2. The molecule has 0 aliphatic carbocycles. The number of benzene rings is 1. The molecule has 6 nitrogen and oxygen atoms in total. The smallest absolute Gasteiger partial charge is 0.258 e. The third-order valence-electron chi connectivity index (χ3n) is 2.77. The number of hydrogen-bond donors (Lipinski definition) is 1. The summed E-state index contributed by atoms with van der Waals surface area (Å²) in [5, 5.41) is 6.91. The summed E-state index contributed by atoms with van der Waals surface area (Å²) in [7, 11) is 1.71. The molecule has 1 aromatic carbocycles. The van der Waals surface area contributed by atoms with Gasteiger partial charge in [0.05, 0.1) is 6.26 Å². The fraction of sp³-hybridized carbons (Fsp3) is 0.0714. The first kappa shape index (κ1) is 12.2. The molecule has 0 unspecified atom stereocenters. The van der Waals surface area contributed by atoms with Crippen molar-refractivity contribution in [2.45, 2.75) is 0 Å². The van der Waals surface area contributed by atoms with Gasteiger partial charge in [-0.1, -0.05) is 18.2 Å². The van der Waals surface area contributed by atoms with E-state index in [0.717, 1.165) is 0 Å². The number of nitrogens with zero attached hydrogens (tertiary/aromatic N) is 3. The summed E-state index contributed by atoms with van der Waals surface area (Å²) in [6, 6.07) is 12.5. The first-order valence-corrected chi connectivity index (χ1v) is 6.05. The molecule has 2 heterocycles. The van der Waals surface area contributed by atoms with Crippen LogP contribution in [-0.2, 0) is 7.05 Å². The van der Waals surface area contributed by atoms with Gasteiger partial charge in [-0.2, -0.15) is 4.98 Å². The van der Waals surface area contributed by atoms with Gasteiger partial charge >= 0.3 is 0 Å². The summed E-state index contributed by atoms with van der Waals surface area (Å²) in [4.78, 5) is 16.3. The molecule has 0 spiro atoms. The molecule has 3 aromatic rings. The van der Waals surface area contributed by atoms with E-state index in [4.69, 9.17) is 4.42 Å². The minimum atomic E-state index is -0.230. The monoisotopic (exact) mass is 268 g/mol. The van der Waals surface area contributed by atoms with Gasteiger partial charge in [-0.3, -0.25) is 10.1 Å². The summed E-state index contributed by atoms with van der Waals surface area (Å²) < 4.78 is 6.73. The Balaban J connectivity index is 1.83. The van der Waals surface area contributed by atoms with Crippen LogP contribution in [0, 0.1) is 0 Å². The molecule has 0 bridgehead atoms. The zero-order valence-electron chi connectivity index (χ0n) is 10.8. The van der Waals surface area contributed by atoms with Gasteiger partial charge in [0.1, 0.15) is 0 Å². The molecule has 0 saturated carbocycles. The number of rotatable bonds is 3. The average Bonchev–Trinajstić information content (AvgIpc) is 3.10. The second-order valence-corrected chi connectivity index (χ2v) is 4.18. The highest BCUT2D eigenvalue weighted by Crippen LogP contribution is 2.17. The summed E-state index contributed by atoms with van der Waals surface area (Å²) in [5.41, 5.74) is 0.565. The Morgan fingerprint density at radius 3 is 2.70 bits per heavy atom. The first-order valence-electron chi connectivity index (χ1n) is 6.05. The van der Waals surface area contributed by atoms with Crippen molar-refractivity contribution >= 4 is 11.9 Å². The van der Waals surface area contributed by atoms with E-state index in [1.54, 1.807) is 49.7 Å². The third kappa shape index (κ3) is 2.31. The molecule has 1 N–H and O–H groups in total. The number of nitrogens with one attached hydrogen (secondary N) is 1. The molecule has 0 atom stereocenters. The van der Waals surface area contributed by atoms with Crippen molar-refractivity contribution in [1.29, 1.82) is 0 Å². The van der Waals surface area contributed by atoms with Gasteiger partial charge < -0.3 is 4.42 Å². The summed E-state index contributed by atoms with van der Waals surface area (Å²) in [6.45, 7) is 0. The number of aromatic nitrogens is 3. The van der Waals surface area contributed by atoms with Crippen molar-refractivity contribution in [3.8, 4) is 11.6 Å². The predicted molar refractivity (Wildman–Crippen MR) is 73.1 cm³/mol. The van der Waals surface area contributed by atoms with Crippen molar-refractivity contribution in [1.82, 2.24) is 14.8 Å². The van der Waals surface area contributed by atoms with Crippen LogP contribution in [0.15, 0.2) is 53.1 Å². The van der Waals surface area contributed by atoms with Crippen LogP contribution < -0.4 is 5.32 Å². The van der Waals surface area contributed by atoms with Gasteiger partial charge in [0, 0.05) is 12.6 Å². The highest BCUT2D eigenvalue weighted by atomic mass is 16.3. The molecule has 0 aliphatic rings. The Bertz CT molecular complexity index is 717. The lowest BCUT2D eigenvalue weighted by molar-refractivity contribution is 0.102. The van der Waals surface area contributed by atoms with E-state index in [0.29, 0.717) is 23.1 Å². The standard InChI is InChI=1S/C14H12N4O2/c1-18-14(15-12(17-18)11-8-5-9-20-11)16-13(19)10-6-3-2-4-7-10/h2-9H,1H3,(H,15,16,17,19). The second-order valence-electron chi connectivity index (χ2n) is 4.18. The van der Waals surface area contributed by atoms with Crippen LogP contribution in [0.5, 0.6) is 0 Å². The molecule has 1 amide bonds. The van der Waals surface area contributed by atoms with Crippen LogP contribution in [0.25, 0.3) is 11.6 Å². The second kappa shape index (κ2) is 5.00. The fourth-order valence-corrected chi connectivity index (χ4v) is 1.77. The van der Waals surface area contributed by atoms with Crippen molar-refractivity contribution in [3.63, 3.8) is 0 Å². The number of carbonyl (C=O) groups is 1. The third-order valence-corrected chi connectivity index (χ3v) is 2.77. The van der Waals surface area contributed by atoms with Crippen LogP contribution >= 0.6 is 0 Å². The Morgan fingerprint density at radius 1 is 1.20 bits per heavy atom. The van der Waals surface area contributed by atoms with Crippen LogP contribution in [0.3, 0.4) is 0 Å². The molecule has 0 radical (unpaired) electrons. The maximum atomic E-state index is 12.0. The number of anilines is 1. The topological polar surface area (TPSA) is 73.0 Å². The number of aryl methyl sites for hydroxylation is 1. The van der Waals surface area contributed by atoms with Crippen molar-refractivity contribution in [2.75, 3.05) is 5.32 Å². The maximum Gasteiger partial charge on any atom is 0.258 e. The van der Waals surface area contributed by atoms with E-state index < -0.39 is 0 Å². The van der Waals surface area contributed by atoms with E-state index in [9.17, 15) is 4.79 Å². The van der Waals surface area contributed by atoms with Gasteiger partial charge in [0.15, 0.2) is 5.76 Å². The average molecular weight is 268 g/mol. The van der Waals surface area contributed by atoms with Gasteiger partial charge in [-0.05, 0) is 24.3 Å². The molecule has 6 heteroatoms. The molecule has 3 rings (SSSR count). The Morgan fingerprint density at radius 2 is 2.00 bits per heavy atom. The van der Waals surface area contributed by atoms with Gasteiger partial charge in [0.2, 0.25) is 11.8 Å². The van der Waals surface area contributed by atoms with E-state index in [2.05, 4.69) is 15.4 Å². The maximum absolute atomic E-state index is 12.0. The molecule has 100 valence electrons. The quantitative estimate of drug-likeness (QED) is 0.791. The van der Waals surface area contributed by atoms with Crippen LogP contribution in [0.2, 0.25) is 0 Å². The Hall–Kier alpha value is -2.89. The van der Waals surface area contributed by atoms with E-state index in [1.165, 1.54) is 4.68 Å². The SMILES string of the molecule is Cn1nc(-c2ccco2)nc1NC(=O)c1ccccc1. The molecule has 0 fully saturated rings. The van der Waals surface area contributed by atoms with E-state index >= 15 is 0 Å². The molecule has 0 saturated heterocycles. The lowest BCUT2D eigenvalue weighted by Crippen LogP contribution is -2.15. The number of carbonyl (C=O) groups excluding carboxylic acids is 1. The highest BCUT2D eigenvalue weighted by Gasteiger charge is 2.14. The minimum Gasteiger partial charge on any atom is -0.461 e. The van der Waals surface area contributed by atoms with E-state index in [1.807, 2.05) is 6.07 Å². The Kier molecular flexibility index (Phi) is 3.04. The van der Waals surface area contributed by atoms with Gasteiger partial charge in [0.25, 0.3) is 5.91 Å². The lowest BCUT2D eigenvalue weighted by Gasteiger charge is -2.02. The molecular weight excluding hydrogens is 256 g/mol. The molecule has 0 aliphatic heterocycles. The number of furan rings is 1. The normalized spacial score (nSPS) is 10.4. The Labute approximate surface area is 115 Å². The summed E-state index contributed by atoms with van der Waals surface area (Å²) >= 11 is 0. The van der Waals surface area contributed by atoms with E-state index in [-0.39, 0.29) is 5.91 Å². The minimum absolute atomic E-state index is 0.230. The molecule has 2 aromatic heterocycles. The van der Waals surface area contributed by atoms with Crippen molar-refractivity contribution in [2.24, 2.45) is 7.05 Å². The van der Waals surface area contributed by atoms with Gasteiger partial charge in [-0.15, -0.1) is 5.10 Å². The summed E-state index contributed by atoms with van der Waals surface area (Å²) in [5.74, 6) is 1.12. The van der Waals surface area contributed by atoms with Gasteiger partial charge in [-0.25, -0.2) is 4.68 Å². The van der Waals surface area contributed by atoms with Crippen molar-refractivity contribution in [3.05, 3.63) is 54.3 Å². The highest BCUT2D eigenvalue weighted by molar-refractivity contribution is 6.03. The largest absolute Gasteiger partial charge is 0.461 e.